The van der Waals surface area contributed by atoms with Gasteiger partial charge in [0.1, 0.15) is 0 Å². The number of unbranched alkanes of at least 4 members (excludes halogenated alkanes) is 1. The predicted octanol–water partition coefficient (Wildman–Crippen LogP) is 12.4. The third kappa shape index (κ3) is 4.60. The predicted molar refractivity (Wildman–Crippen MR) is 203 cm³/mol. The van der Waals surface area contributed by atoms with E-state index in [0.29, 0.717) is 5.92 Å². The van der Waals surface area contributed by atoms with Gasteiger partial charge in [-0.05, 0) is 105 Å². The lowest BCUT2D eigenvalue weighted by Gasteiger charge is -2.23. The minimum absolute atomic E-state index is 0.0449. The largest absolute Gasteiger partial charge is 0.232 e. The van der Waals surface area contributed by atoms with Gasteiger partial charge >= 0.3 is 0 Å². The Morgan fingerprint density at radius 3 is 1.65 bits per heavy atom. The summed E-state index contributed by atoms with van der Waals surface area (Å²) in [5.41, 5.74) is 19.1. The Kier molecular flexibility index (Phi) is 7.22. The fourth-order valence-electron chi connectivity index (χ4n) is 8.48. The number of pyridine rings is 2. The minimum Gasteiger partial charge on any atom is -0.232 e. The van der Waals surface area contributed by atoms with Crippen LogP contribution in [0.2, 0.25) is 0 Å². The first-order valence-corrected chi connectivity index (χ1v) is 18.0. The van der Waals surface area contributed by atoms with E-state index in [4.69, 9.17) is 9.97 Å². The molecule has 1 unspecified atom stereocenters. The SMILES string of the molecule is CCCCc1nc2nc(C(C)CC)c(-c3ccc4c(c3)C(C)(C)c3ccccc3-4)cc2cc1-c1ccc2c(c1)C(C)(C)c1ccccc1-2. The summed E-state index contributed by atoms with van der Waals surface area (Å²) in [4.78, 5) is 10.8. The molecule has 0 saturated carbocycles. The Balaban J connectivity index is 1.31. The van der Waals surface area contributed by atoms with Crippen LogP contribution < -0.4 is 0 Å². The van der Waals surface area contributed by atoms with E-state index < -0.39 is 0 Å². The normalized spacial score (nSPS) is 15.6. The molecule has 0 saturated heterocycles. The van der Waals surface area contributed by atoms with Crippen molar-refractivity contribution in [3.8, 4) is 44.5 Å². The van der Waals surface area contributed by atoms with Crippen LogP contribution in [-0.2, 0) is 17.3 Å². The Hall–Kier alpha value is -4.56. The van der Waals surface area contributed by atoms with Gasteiger partial charge in [-0.3, -0.25) is 0 Å². The third-order valence-electron chi connectivity index (χ3n) is 11.5. The molecule has 6 aromatic rings. The maximum absolute atomic E-state index is 5.39. The Bertz CT molecular complexity index is 2230. The van der Waals surface area contributed by atoms with Gasteiger partial charge < -0.3 is 0 Å². The average molecular weight is 627 g/mol. The van der Waals surface area contributed by atoms with Crippen LogP contribution in [-0.4, -0.2) is 9.97 Å². The van der Waals surface area contributed by atoms with Crippen molar-refractivity contribution in [3.05, 3.63) is 131 Å². The van der Waals surface area contributed by atoms with Crippen molar-refractivity contribution in [2.75, 3.05) is 0 Å². The lowest BCUT2D eigenvalue weighted by atomic mass is 9.81. The van der Waals surface area contributed by atoms with Crippen LogP contribution in [0, 0.1) is 0 Å². The molecule has 2 aliphatic rings. The zero-order chi connectivity index (χ0) is 33.4. The van der Waals surface area contributed by atoms with Crippen molar-refractivity contribution >= 4 is 11.0 Å². The topological polar surface area (TPSA) is 25.8 Å². The fraction of sp³-hybridized carbons (Fsp3) is 0.304. The first-order chi connectivity index (χ1) is 23.1. The molecule has 8 rings (SSSR count). The summed E-state index contributed by atoms with van der Waals surface area (Å²) in [5.74, 6) is 0.323. The van der Waals surface area contributed by atoms with E-state index in [1.54, 1.807) is 0 Å². The van der Waals surface area contributed by atoms with E-state index in [1.807, 2.05) is 0 Å². The first kappa shape index (κ1) is 30.8. The molecule has 1 atom stereocenters. The summed E-state index contributed by atoms with van der Waals surface area (Å²) in [6, 6.07) is 36.7. The molecular formula is C46H46N2. The van der Waals surface area contributed by atoms with E-state index in [2.05, 4.69) is 146 Å². The summed E-state index contributed by atoms with van der Waals surface area (Å²) >= 11 is 0. The van der Waals surface area contributed by atoms with E-state index in [9.17, 15) is 0 Å². The quantitative estimate of drug-likeness (QED) is 0.176. The molecule has 0 aliphatic heterocycles. The smallest absolute Gasteiger partial charge is 0.159 e. The molecule has 0 amide bonds. The molecule has 2 heteroatoms. The van der Waals surface area contributed by atoms with Gasteiger partial charge in [-0.25, -0.2) is 9.97 Å². The number of rotatable bonds is 7. The summed E-state index contributed by atoms with van der Waals surface area (Å²) in [5, 5.41) is 1.11. The lowest BCUT2D eigenvalue weighted by molar-refractivity contribution is 0.660. The van der Waals surface area contributed by atoms with Crippen LogP contribution >= 0.6 is 0 Å². The van der Waals surface area contributed by atoms with Gasteiger partial charge in [0, 0.05) is 27.3 Å². The van der Waals surface area contributed by atoms with Gasteiger partial charge in [0.25, 0.3) is 0 Å². The van der Waals surface area contributed by atoms with Crippen LogP contribution in [0.3, 0.4) is 0 Å². The molecule has 0 radical (unpaired) electrons. The molecule has 0 bridgehead atoms. The summed E-state index contributed by atoms with van der Waals surface area (Å²) in [6.07, 6.45) is 4.22. The highest BCUT2D eigenvalue weighted by Gasteiger charge is 2.36. The number of aromatic nitrogens is 2. The second-order valence-corrected chi connectivity index (χ2v) is 15.2. The molecule has 240 valence electrons. The number of aryl methyl sites for hydroxylation is 1. The van der Waals surface area contributed by atoms with Crippen LogP contribution in [0.1, 0.15) is 107 Å². The molecule has 2 nitrogen and oxygen atoms in total. The molecule has 2 aromatic heterocycles. The monoisotopic (exact) mass is 626 g/mol. The van der Waals surface area contributed by atoms with Crippen LogP contribution in [0.5, 0.6) is 0 Å². The summed E-state index contributed by atoms with van der Waals surface area (Å²) in [6.45, 7) is 16.3. The van der Waals surface area contributed by atoms with Gasteiger partial charge in [0.15, 0.2) is 5.65 Å². The van der Waals surface area contributed by atoms with Gasteiger partial charge in [-0.2, -0.15) is 0 Å². The number of fused-ring (bicyclic) bond motifs is 7. The number of benzene rings is 4. The van der Waals surface area contributed by atoms with Crippen LogP contribution in [0.15, 0.2) is 97.1 Å². The third-order valence-corrected chi connectivity index (χ3v) is 11.5. The highest BCUT2D eigenvalue weighted by molar-refractivity contribution is 5.90. The van der Waals surface area contributed by atoms with Gasteiger partial charge in [0.05, 0.1) is 11.4 Å². The van der Waals surface area contributed by atoms with Crippen LogP contribution in [0.4, 0.5) is 0 Å². The van der Waals surface area contributed by atoms with Crippen molar-refractivity contribution < 1.29 is 0 Å². The van der Waals surface area contributed by atoms with Gasteiger partial charge in [0.2, 0.25) is 0 Å². The zero-order valence-corrected chi connectivity index (χ0v) is 29.5. The Labute approximate surface area is 286 Å². The van der Waals surface area contributed by atoms with Crippen molar-refractivity contribution in [2.45, 2.75) is 90.9 Å². The molecule has 0 N–H and O–H groups in total. The van der Waals surface area contributed by atoms with E-state index >= 15 is 0 Å². The molecule has 48 heavy (non-hydrogen) atoms. The highest BCUT2D eigenvalue weighted by Crippen LogP contribution is 2.51. The van der Waals surface area contributed by atoms with E-state index in [-0.39, 0.29) is 10.8 Å². The highest BCUT2D eigenvalue weighted by atomic mass is 14.9. The molecular weight excluding hydrogens is 581 g/mol. The van der Waals surface area contributed by atoms with E-state index in [0.717, 1.165) is 48.1 Å². The van der Waals surface area contributed by atoms with Crippen molar-refractivity contribution in [2.24, 2.45) is 0 Å². The number of hydrogen-bond acceptors (Lipinski definition) is 2. The van der Waals surface area contributed by atoms with Crippen LogP contribution in [0.25, 0.3) is 55.5 Å². The van der Waals surface area contributed by atoms with Gasteiger partial charge in [-0.1, -0.05) is 128 Å². The molecule has 0 spiro atoms. The Morgan fingerprint density at radius 1 is 0.562 bits per heavy atom. The zero-order valence-electron chi connectivity index (χ0n) is 29.5. The van der Waals surface area contributed by atoms with Crippen molar-refractivity contribution in [3.63, 3.8) is 0 Å². The maximum atomic E-state index is 5.39. The number of nitrogens with zero attached hydrogens (tertiary/aromatic N) is 2. The second kappa shape index (κ2) is 11.3. The second-order valence-electron chi connectivity index (χ2n) is 15.2. The molecule has 4 aromatic carbocycles. The van der Waals surface area contributed by atoms with Crippen molar-refractivity contribution in [1.82, 2.24) is 9.97 Å². The van der Waals surface area contributed by atoms with E-state index in [1.165, 1.54) is 66.8 Å². The average Bonchev–Trinajstić information content (AvgIpc) is 3.48. The standard InChI is InChI=1S/C46H46N2/c1-8-10-19-42-36(29-20-22-34-32-15-11-13-17-38(32)45(4,5)40(34)26-29)24-31-25-37(43(28(3)9-2)48-44(31)47-42)30-21-23-35-33-16-12-14-18-39(33)46(6,7)41(35)27-30/h11-18,20-28H,8-10,19H2,1-7H3. The summed E-state index contributed by atoms with van der Waals surface area (Å²) < 4.78 is 0. The fourth-order valence-corrected chi connectivity index (χ4v) is 8.48. The Morgan fingerprint density at radius 2 is 1.08 bits per heavy atom. The van der Waals surface area contributed by atoms with Gasteiger partial charge in [-0.15, -0.1) is 0 Å². The van der Waals surface area contributed by atoms with Crippen molar-refractivity contribution in [1.29, 1.82) is 0 Å². The number of hydrogen-bond donors (Lipinski definition) is 0. The summed E-state index contributed by atoms with van der Waals surface area (Å²) in [7, 11) is 0. The maximum Gasteiger partial charge on any atom is 0.159 e. The molecule has 0 fully saturated rings. The minimum atomic E-state index is -0.0490. The first-order valence-electron chi connectivity index (χ1n) is 18.0. The lowest BCUT2D eigenvalue weighted by Crippen LogP contribution is -2.15. The molecule has 2 heterocycles. The molecule has 2 aliphatic carbocycles.